The molecule has 6 nitrogen and oxygen atoms in total. The summed E-state index contributed by atoms with van der Waals surface area (Å²) < 4.78 is 46.7. The number of amides is 1. The second-order valence-corrected chi connectivity index (χ2v) is 8.21. The van der Waals surface area contributed by atoms with Crippen LogP contribution in [0.1, 0.15) is 35.5 Å². The Hall–Kier alpha value is -2.01. The largest absolute Gasteiger partial charge is 0.411 e. The molecule has 1 aliphatic rings. The lowest BCUT2D eigenvalue weighted by Crippen LogP contribution is -2.44. The molecule has 1 amide bonds. The number of aromatic nitrogens is 1. The second-order valence-electron chi connectivity index (χ2n) is 7.35. The Morgan fingerprint density at radius 3 is 2.57 bits per heavy atom. The SMILES string of the molecule is CC1CN(Cc2csc(NC(=O)c3ccc(COCC(F)(F)F)cc3)n2)CC(C)O1. The van der Waals surface area contributed by atoms with Gasteiger partial charge in [0, 0.05) is 30.6 Å². The Bertz CT molecular complexity index is 832. The molecule has 0 radical (unpaired) electrons. The summed E-state index contributed by atoms with van der Waals surface area (Å²) >= 11 is 1.35. The number of morpholine rings is 1. The van der Waals surface area contributed by atoms with Crippen molar-refractivity contribution in [3.8, 4) is 0 Å². The Morgan fingerprint density at radius 2 is 1.93 bits per heavy atom. The van der Waals surface area contributed by atoms with E-state index in [0.717, 1.165) is 18.8 Å². The minimum absolute atomic E-state index is 0.171. The van der Waals surface area contributed by atoms with Crippen LogP contribution in [0.4, 0.5) is 18.3 Å². The van der Waals surface area contributed by atoms with Gasteiger partial charge in [-0.25, -0.2) is 4.98 Å². The first-order valence-corrected chi connectivity index (χ1v) is 10.4. The smallest absolute Gasteiger partial charge is 0.373 e. The monoisotopic (exact) mass is 443 g/mol. The maximum atomic E-state index is 12.4. The number of carbonyl (C=O) groups is 1. The molecule has 1 aliphatic heterocycles. The molecule has 0 saturated carbocycles. The third kappa shape index (κ3) is 7.05. The van der Waals surface area contributed by atoms with Crippen molar-refractivity contribution in [3.63, 3.8) is 0 Å². The van der Waals surface area contributed by atoms with Crippen molar-refractivity contribution in [2.75, 3.05) is 25.0 Å². The normalized spacial score (nSPS) is 20.3. The molecule has 2 unspecified atom stereocenters. The molecule has 2 aromatic rings. The van der Waals surface area contributed by atoms with Crippen molar-refractivity contribution in [2.45, 2.75) is 45.4 Å². The maximum absolute atomic E-state index is 12.4. The number of nitrogens with one attached hydrogen (secondary N) is 1. The van der Waals surface area contributed by atoms with E-state index in [1.807, 2.05) is 19.2 Å². The quantitative estimate of drug-likeness (QED) is 0.699. The van der Waals surface area contributed by atoms with Gasteiger partial charge >= 0.3 is 6.18 Å². The molecule has 1 aromatic heterocycles. The molecule has 1 fully saturated rings. The third-order valence-corrected chi connectivity index (χ3v) is 5.21. The summed E-state index contributed by atoms with van der Waals surface area (Å²) in [6, 6.07) is 6.23. The molecule has 2 atom stereocenters. The molecule has 30 heavy (non-hydrogen) atoms. The van der Waals surface area contributed by atoms with Crippen LogP contribution in [0, 0.1) is 0 Å². The Labute approximate surface area is 177 Å². The van der Waals surface area contributed by atoms with Crippen molar-refractivity contribution >= 4 is 22.4 Å². The van der Waals surface area contributed by atoms with Crippen LogP contribution in [-0.2, 0) is 22.6 Å². The van der Waals surface area contributed by atoms with Gasteiger partial charge in [-0.15, -0.1) is 11.3 Å². The van der Waals surface area contributed by atoms with Crippen molar-refractivity contribution in [3.05, 3.63) is 46.5 Å². The molecule has 1 saturated heterocycles. The summed E-state index contributed by atoms with van der Waals surface area (Å²) in [4.78, 5) is 19.2. The summed E-state index contributed by atoms with van der Waals surface area (Å²) in [5.41, 5.74) is 1.83. The summed E-state index contributed by atoms with van der Waals surface area (Å²) in [6.45, 7) is 4.98. The van der Waals surface area contributed by atoms with E-state index in [9.17, 15) is 18.0 Å². The topological polar surface area (TPSA) is 63.7 Å². The van der Waals surface area contributed by atoms with Gasteiger partial charge in [-0.1, -0.05) is 12.1 Å². The van der Waals surface area contributed by atoms with Gasteiger partial charge in [-0.2, -0.15) is 13.2 Å². The Balaban J connectivity index is 1.50. The number of anilines is 1. The van der Waals surface area contributed by atoms with Crippen LogP contribution < -0.4 is 5.32 Å². The standard InChI is InChI=1S/C20H24F3N3O3S/c1-13-7-26(8-14(2)29-13)9-17-11-30-19(24-17)25-18(27)16-5-3-15(4-6-16)10-28-12-20(21,22)23/h3-6,11,13-14H,7-10,12H2,1-2H3,(H,24,25,27). The number of rotatable bonds is 7. The number of benzene rings is 1. The van der Waals surface area contributed by atoms with Gasteiger partial charge in [-0.05, 0) is 31.5 Å². The predicted molar refractivity (Wildman–Crippen MR) is 108 cm³/mol. The highest BCUT2D eigenvalue weighted by Gasteiger charge is 2.27. The molecule has 0 spiro atoms. The molecule has 0 bridgehead atoms. The van der Waals surface area contributed by atoms with E-state index in [1.165, 1.54) is 11.3 Å². The predicted octanol–water partition coefficient (Wildman–Crippen LogP) is 4.08. The van der Waals surface area contributed by atoms with Crippen molar-refractivity contribution in [1.29, 1.82) is 0 Å². The van der Waals surface area contributed by atoms with Gasteiger partial charge < -0.3 is 9.47 Å². The molecule has 164 valence electrons. The number of hydrogen-bond acceptors (Lipinski definition) is 6. The van der Waals surface area contributed by atoms with Gasteiger partial charge in [0.2, 0.25) is 0 Å². The third-order valence-electron chi connectivity index (χ3n) is 4.40. The number of halogens is 3. The number of thiazole rings is 1. The van der Waals surface area contributed by atoms with E-state index in [0.29, 0.717) is 22.8 Å². The number of alkyl halides is 3. The van der Waals surface area contributed by atoms with Crippen molar-refractivity contribution in [2.24, 2.45) is 0 Å². The zero-order valence-corrected chi connectivity index (χ0v) is 17.6. The average molecular weight is 443 g/mol. The van der Waals surface area contributed by atoms with Crippen LogP contribution in [0.25, 0.3) is 0 Å². The van der Waals surface area contributed by atoms with Crippen LogP contribution >= 0.6 is 11.3 Å². The van der Waals surface area contributed by atoms with E-state index < -0.39 is 12.8 Å². The van der Waals surface area contributed by atoms with Crippen LogP contribution in [0.15, 0.2) is 29.6 Å². The Morgan fingerprint density at radius 1 is 1.27 bits per heavy atom. The highest BCUT2D eigenvalue weighted by Crippen LogP contribution is 2.20. The lowest BCUT2D eigenvalue weighted by Gasteiger charge is -2.34. The second kappa shape index (κ2) is 9.86. The first kappa shape index (κ1) is 22.7. The summed E-state index contributed by atoms with van der Waals surface area (Å²) in [7, 11) is 0. The molecular weight excluding hydrogens is 419 g/mol. The zero-order chi connectivity index (χ0) is 21.7. The summed E-state index contributed by atoms with van der Waals surface area (Å²) in [6.07, 6.45) is -4.01. The van der Waals surface area contributed by atoms with Gasteiger partial charge in [0.1, 0.15) is 6.61 Å². The summed E-state index contributed by atoms with van der Waals surface area (Å²) in [5.74, 6) is -0.327. The molecule has 2 heterocycles. The van der Waals surface area contributed by atoms with E-state index in [4.69, 9.17) is 4.74 Å². The summed E-state index contributed by atoms with van der Waals surface area (Å²) in [5, 5.41) is 5.18. The first-order valence-electron chi connectivity index (χ1n) is 9.55. The van der Waals surface area contributed by atoms with Gasteiger partial charge in [0.25, 0.3) is 5.91 Å². The number of ether oxygens (including phenoxy) is 2. The van der Waals surface area contributed by atoms with Crippen LogP contribution in [0.3, 0.4) is 0 Å². The molecule has 10 heteroatoms. The first-order chi connectivity index (χ1) is 14.2. The molecule has 1 N–H and O–H groups in total. The molecular formula is C20H24F3N3O3S. The molecule has 1 aromatic carbocycles. The van der Waals surface area contributed by atoms with Crippen molar-refractivity contribution < 1.29 is 27.4 Å². The average Bonchev–Trinajstić information content (AvgIpc) is 3.07. The van der Waals surface area contributed by atoms with E-state index >= 15 is 0 Å². The lowest BCUT2D eigenvalue weighted by atomic mass is 10.1. The molecule has 0 aliphatic carbocycles. The minimum atomic E-state index is -4.36. The van der Waals surface area contributed by atoms with Gasteiger partial charge in [-0.3, -0.25) is 15.0 Å². The number of carbonyl (C=O) groups excluding carboxylic acids is 1. The van der Waals surface area contributed by atoms with Crippen LogP contribution in [0.5, 0.6) is 0 Å². The number of nitrogens with zero attached hydrogens (tertiary/aromatic N) is 2. The minimum Gasteiger partial charge on any atom is -0.373 e. The maximum Gasteiger partial charge on any atom is 0.411 e. The zero-order valence-electron chi connectivity index (χ0n) is 16.7. The fourth-order valence-corrected chi connectivity index (χ4v) is 3.98. The van der Waals surface area contributed by atoms with Gasteiger partial charge in [0.05, 0.1) is 24.5 Å². The van der Waals surface area contributed by atoms with Crippen molar-refractivity contribution in [1.82, 2.24) is 9.88 Å². The fourth-order valence-electron chi connectivity index (χ4n) is 3.29. The number of hydrogen-bond donors (Lipinski definition) is 1. The Kier molecular flexibility index (Phi) is 7.45. The van der Waals surface area contributed by atoms with Crippen LogP contribution in [-0.4, -0.2) is 53.9 Å². The van der Waals surface area contributed by atoms with E-state index in [2.05, 4.69) is 19.9 Å². The fraction of sp³-hybridized carbons (Fsp3) is 0.500. The van der Waals surface area contributed by atoms with Gasteiger partial charge in [0.15, 0.2) is 5.13 Å². The van der Waals surface area contributed by atoms with E-state index in [-0.39, 0.29) is 24.7 Å². The molecule has 3 rings (SSSR count). The van der Waals surface area contributed by atoms with E-state index in [1.54, 1.807) is 24.3 Å². The highest BCUT2D eigenvalue weighted by atomic mass is 32.1. The highest BCUT2D eigenvalue weighted by molar-refractivity contribution is 7.13. The van der Waals surface area contributed by atoms with Crippen LogP contribution in [0.2, 0.25) is 0 Å². The lowest BCUT2D eigenvalue weighted by molar-refractivity contribution is -0.176.